The van der Waals surface area contributed by atoms with Crippen molar-refractivity contribution in [1.29, 1.82) is 0 Å². The van der Waals surface area contributed by atoms with E-state index in [-0.39, 0.29) is 17.7 Å². The number of hydrogen-bond donors (Lipinski definition) is 2. The molecule has 0 aliphatic rings. The Bertz CT molecular complexity index is 443. The van der Waals surface area contributed by atoms with Gasteiger partial charge in [-0.2, -0.15) is 0 Å². The average molecular weight is 278 g/mol. The largest absolute Gasteiger partial charge is 0.494 e. The average Bonchev–Trinajstić information content (AvgIpc) is 2.45. The van der Waals surface area contributed by atoms with E-state index < -0.39 is 0 Å². The molecule has 0 aromatic heterocycles. The zero-order chi connectivity index (χ0) is 15.0. The molecule has 110 valence electrons. The molecule has 0 fully saturated rings. The van der Waals surface area contributed by atoms with Crippen LogP contribution in [0, 0.1) is 5.92 Å². The molecule has 0 aliphatic carbocycles. The van der Waals surface area contributed by atoms with Crippen molar-refractivity contribution < 1.29 is 14.3 Å². The Labute approximate surface area is 119 Å². The summed E-state index contributed by atoms with van der Waals surface area (Å²) in [6.07, 6.45) is 1.73. The first kappa shape index (κ1) is 16.0. The van der Waals surface area contributed by atoms with Crippen LogP contribution in [0.25, 0.3) is 0 Å². The third-order valence-corrected chi connectivity index (χ3v) is 2.90. The zero-order valence-electron chi connectivity index (χ0n) is 12.2. The van der Waals surface area contributed by atoms with Gasteiger partial charge in [0.1, 0.15) is 5.75 Å². The maximum Gasteiger partial charge on any atom is 0.269 e. The SMILES string of the molecule is CCCC(C)C(=O)NNC(=O)c1ccc(OCC)cc1. The van der Waals surface area contributed by atoms with Gasteiger partial charge in [-0.1, -0.05) is 20.3 Å². The lowest BCUT2D eigenvalue weighted by molar-refractivity contribution is -0.125. The second kappa shape index (κ2) is 8.19. The van der Waals surface area contributed by atoms with E-state index in [4.69, 9.17) is 4.74 Å². The van der Waals surface area contributed by atoms with Crippen molar-refractivity contribution in [2.24, 2.45) is 5.92 Å². The van der Waals surface area contributed by atoms with Gasteiger partial charge in [-0.3, -0.25) is 20.4 Å². The van der Waals surface area contributed by atoms with Crippen LogP contribution < -0.4 is 15.6 Å². The highest BCUT2D eigenvalue weighted by Crippen LogP contribution is 2.11. The molecule has 1 aromatic rings. The summed E-state index contributed by atoms with van der Waals surface area (Å²) < 4.78 is 5.30. The van der Waals surface area contributed by atoms with Crippen LogP contribution in [-0.4, -0.2) is 18.4 Å². The predicted octanol–water partition coefficient (Wildman–Crippen LogP) is 2.28. The minimum atomic E-state index is -0.343. The van der Waals surface area contributed by atoms with Crippen LogP contribution in [0.15, 0.2) is 24.3 Å². The number of hydrogen-bond acceptors (Lipinski definition) is 3. The van der Waals surface area contributed by atoms with Gasteiger partial charge in [0.25, 0.3) is 5.91 Å². The number of ether oxygens (including phenoxy) is 1. The van der Waals surface area contributed by atoms with Gasteiger partial charge in [0.2, 0.25) is 5.91 Å². The fourth-order valence-corrected chi connectivity index (χ4v) is 1.75. The van der Waals surface area contributed by atoms with Gasteiger partial charge in [0.15, 0.2) is 0 Å². The Morgan fingerprint density at radius 2 is 1.80 bits per heavy atom. The second-order valence-electron chi connectivity index (χ2n) is 4.59. The number of rotatable bonds is 6. The molecule has 1 atom stereocenters. The molecule has 0 bridgehead atoms. The Balaban J connectivity index is 2.48. The predicted molar refractivity (Wildman–Crippen MR) is 77.3 cm³/mol. The number of carbonyl (C=O) groups is 2. The molecule has 2 N–H and O–H groups in total. The molecule has 5 heteroatoms. The number of benzene rings is 1. The Hall–Kier alpha value is -2.04. The van der Waals surface area contributed by atoms with Crippen LogP contribution in [-0.2, 0) is 4.79 Å². The summed E-state index contributed by atoms with van der Waals surface area (Å²) in [6, 6.07) is 6.75. The molecule has 0 radical (unpaired) electrons. The molecule has 1 aromatic carbocycles. The van der Waals surface area contributed by atoms with Crippen LogP contribution in [0.4, 0.5) is 0 Å². The van der Waals surface area contributed by atoms with Gasteiger partial charge >= 0.3 is 0 Å². The van der Waals surface area contributed by atoms with Crippen molar-refractivity contribution in [2.45, 2.75) is 33.6 Å². The van der Waals surface area contributed by atoms with Crippen LogP contribution in [0.5, 0.6) is 5.75 Å². The molecule has 0 saturated carbocycles. The number of nitrogens with one attached hydrogen (secondary N) is 2. The molecule has 20 heavy (non-hydrogen) atoms. The van der Waals surface area contributed by atoms with Gasteiger partial charge in [0, 0.05) is 11.5 Å². The van der Waals surface area contributed by atoms with Gasteiger partial charge in [-0.05, 0) is 37.6 Å². The second-order valence-corrected chi connectivity index (χ2v) is 4.59. The number of hydrazine groups is 1. The maximum absolute atomic E-state index is 11.8. The molecule has 5 nitrogen and oxygen atoms in total. The van der Waals surface area contributed by atoms with Crippen molar-refractivity contribution in [1.82, 2.24) is 10.9 Å². The maximum atomic E-state index is 11.8. The normalized spacial score (nSPS) is 11.6. The summed E-state index contributed by atoms with van der Waals surface area (Å²) in [6.45, 7) is 6.33. The lowest BCUT2D eigenvalue weighted by atomic mass is 10.1. The molecule has 0 spiro atoms. The van der Waals surface area contributed by atoms with Crippen molar-refractivity contribution in [3.05, 3.63) is 29.8 Å². The smallest absolute Gasteiger partial charge is 0.269 e. The third kappa shape index (κ3) is 4.91. The highest BCUT2D eigenvalue weighted by atomic mass is 16.5. The van der Waals surface area contributed by atoms with Gasteiger partial charge in [-0.15, -0.1) is 0 Å². The first-order valence-corrected chi connectivity index (χ1v) is 6.91. The van der Waals surface area contributed by atoms with E-state index in [0.717, 1.165) is 12.8 Å². The van der Waals surface area contributed by atoms with E-state index >= 15 is 0 Å². The number of amides is 2. The molecular weight excluding hydrogens is 256 g/mol. The first-order chi connectivity index (χ1) is 9.58. The van der Waals surface area contributed by atoms with E-state index in [9.17, 15) is 9.59 Å². The summed E-state index contributed by atoms with van der Waals surface area (Å²) in [4.78, 5) is 23.5. The minimum absolute atomic E-state index is 0.111. The van der Waals surface area contributed by atoms with Crippen LogP contribution >= 0.6 is 0 Å². The Kier molecular flexibility index (Phi) is 6.56. The van der Waals surface area contributed by atoms with Crippen molar-refractivity contribution >= 4 is 11.8 Å². The Morgan fingerprint density at radius 3 is 2.35 bits per heavy atom. The third-order valence-electron chi connectivity index (χ3n) is 2.90. The van der Waals surface area contributed by atoms with Gasteiger partial charge in [-0.25, -0.2) is 0 Å². The standard InChI is InChI=1S/C15H22N2O3/c1-4-6-11(3)14(18)16-17-15(19)12-7-9-13(10-8-12)20-5-2/h7-11H,4-6H2,1-3H3,(H,16,18)(H,17,19). The van der Waals surface area contributed by atoms with Gasteiger partial charge in [0.05, 0.1) is 6.61 Å². The van der Waals surface area contributed by atoms with Crippen LogP contribution in [0.2, 0.25) is 0 Å². The van der Waals surface area contributed by atoms with Crippen LogP contribution in [0.3, 0.4) is 0 Å². The van der Waals surface area contributed by atoms with E-state index in [1.165, 1.54) is 0 Å². The molecule has 1 unspecified atom stereocenters. The lowest BCUT2D eigenvalue weighted by Gasteiger charge is -2.12. The van der Waals surface area contributed by atoms with E-state index in [2.05, 4.69) is 10.9 Å². The molecule has 2 amide bonds. The molecule has 0 heterocycles. The zero-order valence-corrected chi connectivity index (χ0v) is 12.2. The van der Waals surface area contributed by atoms with E-state index in [0.29, 0.717) is 17.9 Å². The summed E-state index contributed by atoms with van der Waals surface area (Å²) in [5.74, 6) is 0.0847. The molecule has 0 aliphatic heterocycles. The summed E-state index contributed by atoms with van der Waals surface area (Å²) >= 11 is 0. The van der Waals surface area contributed by atoms with Crippen LogP contribution in [0.1, 0.15) is 44.0 Å². The summed E-state index contributed by atoms with van der Waals surface area (Å²) in [5.41, 5.74) is 5.32. The summed E-state index contributed by atoms with van der Waals surface area (Å²) in [7, 11) is 0. The van der Waals surface area contributed by atoms with E-state index in [1.807, 2.05) is 20.8 Å². The monoisotopic (exact) mass is 278 g/mol. The topological polar surface area (TPSA) is 67.4 Å². The fourth-order valence-electron chi connectivity index (χ4n) is 1.75. The van der Waals surface area contributed by atoms with Crippen molar-refractivity contribution in [3.8, 4) is 5.75 Å². The van der Waals surface area contributed by atoms with E-state index in [1.54, 1.807) is 24.3 Å². The minimum Gasteiger partial charge on any atom is -0.494 e. The van der Waals surface area contributed by atoms with Crippen molar-refractivity contribution in [3.63, 3.8) is 0 Å². The van der Waals surface area contributed by atoms with Crippen molar-refractivity contribution in [2.75, 3.05) is 6.61 Å². The lowest BCUT2D eigenvalue weighted by Crippen LogP contribution is -2.44. The number of carbonyl (C=O) groups excluding carboxylic acids is 2. The highest BCUT2D eigenvalue weighted by molar-refractivity contribution is 5.95. The molecule has 1 rings (SSSR count). The summed E-state index contributed by atoms with van der Waals surface area (Å²) in [5, 5.41) is 0. The highest BCUT2D eigenvalue weighted by Gasteiger charge is 2.13. The quantitative estimate of drug-likeness (QED) is 0.784. The molecular formula is C15H22N2O3. The fraction of sp³-hybridized carbons (Fsp3) is 0.467. The molecule has 0 saturated heterocycles. The Morgan fingerprint density at radius 1 is 1.15 bits per heavy atom. The van der Waals surface area contributed by atoms with Gasteiger partial charge < -0.3 is 4.74 Å². The first-order valence-electron chi connectivity index (χ1n) is 6.91.